The highest BCUT2D eigenvalue weighted by Gasteiger charge is 2.19. The van der Waals surface area contributed by atoms with Gasteiger partial charge in [-0.15, -0.1) is 0 Å². The van der Waals surface area contributed by atoms with Crippen LogP contribution in [0.5, 0.6) is 5.75 Å². The van der Waals surface area contributed by atoms with Gasteiger partial charge in [0.15, 0.2) is 5.69 Å². The van der Waals surface area contributed by atoms with Crippen LogP contribution in [0.4, 0.5) is 4.39 Å². The van der Waals surface area contributed by atoms with E-state index in [0.717, 1.165) is 11.3 Å². The Bertz CT molecular complexity index is 973. The molecular weight excluding hydrogens is 345 g/mol. The summed E-state index contributed by atoms with van der Waals surface area (Å²) in [4.78, 5) is 12.1. The van der Waals surface area contributed by atoms with Gasteiger partial charge in [-0.1, -0.05) is 39.0 Å². The van der Waals surface area contributed by atoms with Gasteiger partial charge in [0.1, 0.15) is 18.2 Å². The Labute approximate surface area is 158 Å². The molecule has 27 heavy (non-hydrogen) atoms. The number of carbonyl (C=O) groups excluding carboxylic acids is 1. The Morgan fingerprint density at radius 1 is 1.22 bits per heavy atom. The van der Waals surface area contributed by atoms with Crippen LogP contribution in [0.3, 0.4) is 0 Å². The predicted molar refractivity (Wildman–Crippen MR) is 104 cm³/mol. The quantitative estimate of drug-likeness (QED) is 0.742. The first-order valence-electron chi connectivity index (χ1n) is 8.91. The molecule has 0 aliphatic rings. The van der Waals surface area contributed by atoms with Gasteiger partial charge in [0, 0.05) is 12.4 Å². The summed E-state index contributed by atoms with van der Waals surface area (Å²) in [6.45, 7) is 7.24. The molecule has 0 spiro atoms. The molecule has 1 aromatic heterocycles. The van der Waals surface area contributed by atoms with Gasteiger partial charge in [0.05, 0.1) is 12.1 Å². The molecule has 0 bridgehead atoms. The number of fused-ring (bicyclic) bond motifs is 1. The fraction of sp³-hybridized carbons (Fsp3) is 0.333. The van der Waals surface area contributed by atoms with Crippen LogP contribution in [0.25, 0.3) is 10.9 Å². The molecule has 142 valence electrons. The number of hydrogen-bond donors (Lipinski definition) is 1. The standard InChI is InChI=1S/C21H24FN3O2/c1-21(2,3)16-7-5-6-8-18(16)27-12-11-25-17-10-9-14(22)13-15(17)19(24-25)20(26)23-4/h5-10,13H,11-12H2,1-4H3,(H,23,26). The van der Waals surface area contributed by atoms with Gasteiger partial charge in [-0.3, -0.25) is 9.48 Å². The maximum atomic E-state index is 13.6. The van der Waals surface area contributed by atoms with Crippen LogP contribution in [0.2, 0.25) is 0 Å². The molecule has 3 rings (SSSR count). The summed E-state index contributed by atoms with van der Waals surface area (Å²) < 4.78 is 21.3. The molecule has 0 aliphatic carbocycles. The Morgan fingerprint density at radius 2 is 1.96 bits per heavy atom. The lowest BCUT2D eigenvalue weighted by Gasteiger charge is -2.22. The van der Waals surface area contributed by atoms with Crippen LogP contribution >= 0.6 is 0 Å². The van der Waals surface area contributed by atoms with E-state index in [1.165, 1.54) is 19.2 Å². The third kappa shape index (κ3) is 3.94. The van der Waals surface area contributed by atoms with Gasteiger partial charge in [0.2, 0.25) is 0 Å². The third-order valence-corrected chi connectivity index (χ3v) is 4.41. The first kappa shape index (κ1) is 18.9. The van der Waals surface area contributed by atoms with Crippen molar-refractivity contribution in [1.82, 2.24) is 15.1 Å². The summed E-state index contributed by atoms with van der Waals surface area (Å²) in [7, 11) is 1.53. The molecule has 1 amide bonds. The highest BCUT2D eigenvalue weighted by molar-refractivity contribution is 6.04. The molecule has 0 aliphatic heterocycles. The molecule has 1 N–H and O–H groups in total. The van der Waals surface area contributed by atoms with E-state index in [-0.39, 0.29) is 17.0 Å². The average molecular weight is 369 g/mol. The Morgan fingerprint density at radius 3 is 2.67 bits per heavy atom. The van der Waals surface area contributed by atoms with Crippen molar-refractivity contribution in [3.63, 3.8) is 0 Å². The number of nitrogens with zero attached hydrogens (tertiary/aromatic N) is 2. The Balaban J connectivity index is 1.84. The molecule has 0 saturated heterocycles. The fourth-order valence-corrected chi connectivity index (χ4v) is 3.06. The van der Waals surface area contributed by atoms with Crippen LogP contribution < -0.4 is 10.1 Å². The van der Waals surface area contributed by atoms with Gasteiger partial charge < -0.3 is 10.1 Å². The number of carbonyl (C=O) groups is 1. The van der Waals surface area contributed by atoms with E-state index < -0.39 is 5.82 Å². The number of hydrogen-bond acceptors (Lipinski definition) is 3. The van der Waals surface area contributed by atoms with Crippen LogP contribution in [0.1, 0.15) is 36.8 Å². The van der Waals surface area contributed by atoms with Crippen LogP contribution in [-0.2, 0) is 12.0 Å². The molecule has 0 saturated carbocycles. The predicted octanol–water partition coefficient (Wildman–Crippen LogP) is 3.91. The summed E-state index contributed by atoms with van der Waals surface area (Å²) in [5.74, 6) is 0.0879. The second kappa shape index (κ2) is 7.39. The number of ether oxygens (including phenoxy) is 1. The highest BCUT2D eigenvalue weighted by atomic mass is 19.1. The van der Waals surface area contributed by atoms with Crippen molar-refractivity contribution in [2.24, 2.45) is 0 Å². The molecule has 0 unspecified atom stereocenters. The van der Waals surface area contributed by atoms with Crippen molar-refractivity contribution in [3.05, 3.63) is 59.5 Å². The average Bonchev–Trinajstić information content (AvgIpc) is 2.98. The normalized spacial score (nSPS) is 11.6. The zero-order valence-corrected chi connectivity index (χ0v) is 16.0. The van der Waals surface area contributed by atoms with E-state index in [9.17, 15) is 9.18 Å². The molecule has 1 heterocycles. The number of amides is 1. The molecule has 6 heteroatoms. The Hall–Kier alpha value is -2.89. The van der Waals surface area contributed by atoms with E-state index in [1.54, 1.807) is 10.7 Å². The SMILES string of the molecule is CNC(=O)c1nn(CCOc2ccccc2C(C)(C)C)c2ccc(F)cc12. The summed E-state index contributed by atoms with van der Waals surface area (Å²) in [6, 6.07) is 12.3. The second-order valence-electron chi connectivity index (χ2n) is 7.41. The van der Waals surface area contributed by atoms with Crippen LogP contribution in [0.15, 0.2) is 42.5 Å². The second-order valence-corrected chi connectivity index (χ2v) is 7.41. The maximum Gasteiger partial charge on any atom is 0.272 e. The van der Waals surface area contributed by atoms with Crippen LogP contribution in [-0.4, -0.2) is 29.3 Å². The van der Waals surface area contributed by atoms with E-state index in [4.69, 9.17) is 4.74 Å². The molecule has 5 nitrogen and oxygen atoms in total. The van der Waals surface area contributed by atoms with Crippen LogP contribution in [0, 0.1) is 5.82 Å². The van der Waals surface area contributed by atoms with Crippen molar-refractivity contribution in [3.8, 4) is 5.75 Å². The van der Waals surface area contributed by atoms with Crippen molar-refractivity contribution in [1.29, 1.82) is 0 Å². The Kier molecular flexibility index (Phi) is 5.17. The molecule has 2 aromatic carbocycles. The zero-order chi connectivity index (χ0) is 19.6. The molecular formula is C21H24FN3O2. The smallest absolute Gasteiger partial charge is 0.272 e. The number of benzene rings is 2. The van der Waals surface area contributed by atoms with E-state index in [0.29, 0.717) is 24.1 Å². The highest BCUT2D eigenvalue weighted by Crippen LogP contribution is 2.31. The topological polar surface area (TPSA) is 56.2 Å². The summed E-state index contributed by atoms with van der Waals surface area (Å²) in [6.07, 6.45) is 0. The fourth-order valence-electron chi connectivity index (χ4n) is 3.06. The monoisotopic (exact) mass is 369 g/mol. The van der Waals surface area contributed by atoms with Gasteiger partial charge in [-0.05, 0) is 35.2 Å². The number of rotatable bonds is 5. The third-order valence-electron chi connectivity index (χ3n) is 4.41. The molecule has 0 atom stereocenters. The van der Waals surface area contributed by atoms with Crippen molar-refractivity contribution < 1.29 is 13.9 Å². The largest absolute Gasteiger partial charge is 0.491 e. The van der Waals surface area contributed by atoms with Crippen molar-refractivity contribution in [2.45, 2.75) is 32.7 Å². The zero-order valence-electron chi connectivity index (χ0n) is 16.0. The van der Waals surface area contributed by atoms with Gasteiger partial charge >= 0.3 is 0 Å². The minimum absolute atomic E-state index is 0.0289. The molecule has 0 fully saturated rings. The summed E-state index contributed by atoms with van der Waals surface area (Å²) in [5.41, 5.74) is 2.01. The molecule has 3 aromatic rings. The number of para-hydroxylation sites is 1. The number of aromatic nitrogens is 2. The lowest BCUT2D eigenvalue weighted by molar-refractivity contribution is 0.0958. The summed E-state index contributed by atoms with van der Waals surface area (Å²) in [5, 5.41) is 7.40. The lowest BCUT2D eigenvalue weighted by atomic mass is 9.86. The van der Waals surface area contributed by atoms with E-state index in [2.05, 4.69) is 37.3 Å². The lowest BCUT2D eigenvalue weighted by Crippen LogP contribution is -2.19. The van der Waals surface area contributed by atoms with E-state index in [1.807, 2.05) is 18.2 Å². The number of halogens is 1. The van der Waals surface area contributed by atoms with Gasteiger partial charge in [0.25, 0.3) is 5.91 Å². The van der Waals surface area contributed by atoms with Gasteiger partial charge in [-0.2, -0.15) is 5.10 Å². The molecule has 0 radical (unpaired) electrons. The van der Waals surface area contributed by atoms with Crippen molar-refractivity contribution >= 4 is 16.8 Å². The first-order chi connectivity index (χ1) is 12.8. The first-order valence-corrected chi connectivity index (χ1v) is 8.91. The van der Waals surface area contributed by atoms with Gasteiger partial charge in [-0.25, -0.2) is 4.39 Å². The van der Waals surface area contributed by atoms with E-state index >= 15 is 0 Å². The minimum atomic E-state index is -0.400. The maximum absolute atomic E-state index is 13.6. The van der Waals surface area contributed by atoms with Crippen molar-refractivity contribution in [2.75, 3.05) is 13.7 Å². The summed E-state index contributed by atoms with van der Waals surface area (Å²) >= 11 is 0. The number of nitrogens with one attached hydrogen (secondary N) is 1. The minimum Gasteiger partial charge on any atom is -0.491 e.